The van der Waals surface area contributed by atoms with E-state index in [-0.39, 0.29) is 53.4 Å². The number of aryl methyl sites for hydroxylation is 1. The van der Waals surface area contributed by atoms with Crippen molar-refractivity contribution in [3.05, 3.63) is 75.6 Å². The van der Waals surface area contributed by atoms with E-state index in [1.807, 2.05) is 55.3 Å². The number of rotatable bonds is 9. The van der Waals surface area contributed by atoms with Crippen molar-refractivity contribution in [3.8, 4) is 17.6 Å². The number of nitrogens with one attached hydrogen (secondary N) is 2. The maximum absolute atomic E-state index is 14.1. The molecule has 1 fully saturated rings. The molecule has 1 saturated heterocycles. The second kappa shape index (κ2) is 13.7. The lowest BCUT2D eigenvalue weighted by Crippen LogP contribution is -2.71. The highest BCUT2D eigenvalue weighted by atomic mass is 32.2. The highest BCUT2D eigenvalue weighted by Crippen LogP contribution is 2.53. The number of aliphatic imine (C=N–C) groups is 1. The van der Waals surface area contributed by atoms with Gasteiger partial charge in [0, 0.05) is 46.6 Å². The Hall–Kier alpha value is -4.64. The zero-order chi connectivity index (χ0) is 35.1. The summed E-state index contributed by atoms with van der Waals surface area (Å²) in [6, 6.07) is 10.6. The van der Waals surface area contributed by atoms with E-state index in [2.05, 4.69) is 26.0 Å². The summed E-state index contributed by atoms with van der Waals surface area (Å²) < 4.78 is 14.2. The van der Waals surface area contributed by atoms with Gasteiger partial charge in [-0.15, -0.1) is 0 Å². The van der Waals surface area contributed by atoms with Crippen molar-refractivity contribution in [2.24, 2.45) is 4.99 Å². The number of amides is 1. The molecule has 256 valence electrons. The molecule has 6 atom stereocenters. The first-order valence-corrected chi connectivity index (χ1v) is 17.0. The fourth-order valence-corrected chi connectivity index (χ4v) is 8.51. The van der Waals surface area contributed by atoms with E-state index in [0.29, 0.717) is 23.3 Å². The molecule has 1 aliphatic carbocycles. The third kappa shape index (κ3) is 5.77. The van der Waals surface area contributed by atoms with Gasteiger partial charge in [-0.1, -0.05) is 24.3 Å². The Kier molecular flexibility index (Phi) is 9.57. The number of phenolic OH excluding ortho intramolecular Hbond substituents is 1. The van der Waals surface area contributed by atoms with Crippen molar-refractivity contribution in [2.45, 2.75) is 69.9 Å². The monoisotopic (exact) mass is 684 g/mol. The molecule has 0 saturated carbocycles. The van der Waals surface area contributed by atoms with Gasteiger partial charge in [-0.3, -0.25) is 29.2 Å². The van der Waals surface area contributed by atoms with Crippen molar-refractivity contribution < 1.29 is 29.0 Å². The Morgan fingerprint density at radius 3 is 2.57 bits per heavy atom. The maximum atomic E-state index is 14.1. The van der Waals surface area contributed by atoms with Crippen molar-refractivity contribution in [2.75, 3.05) is 32.5 Å². The molecular formula is C36H40N6O6S. The van der Waals surface area contributed by atoms with Crippen LogP contribution in [0.4, 0.5) is 5.69 Å². The summed E-state index contributed by atoms with van der Waals surface area (Å²) in [4.78, 5) is 49.8. The molecule has 3 unspecified atom stereocenters. The van der Waals surface area contributed by atoms with Gasteiger partial charge >= 0.3 is 0 Å². The third-order valence-electron chi connectivity index (χ3n) is 10.2. The third-order valence-corrected chi connectivity index (χ3v) is 10.8. The second-order valence-corrected chi connectivity index (χ2v) is 13.5. The molecule has 3 N–H and O–H groups in total. The van der Waals surface area contributed by atoms with Gasteiger partial charge in [-0.2, -0.15) is 5.26 Å². The largest absolute Gasteiger partial charge is 0.504 e. The van der Waals surface area contributed by atoms with E-state index in [0.717, 1.165) is 16.8 Å². The topological polar surface area (TPSA) is 157 Å². The number of methoxy groups -OCH3 is 2. The number of hydrogen-bond donors (Lipinski definition) is 3. The fourth-order valence-electron chi connectivity index (χ4n) is 7.95. The first kappa shape index (κ1) is 34.2. The van der Waals surface area contributed by atoms with Crippen LogP contribution < -0.4 is 14.8 Å². The standard InChI is InChI=1S/C36H40N6O6S/c1-18-12-21-13-24-26(15-37)42-25(30(41(24)4)28(21)32(44)34(18)47-5)14-23-29(33(45)35(48-6)19(2)31(23)43)27(42)16-38-36(46)20(3)39-17-49-40-22-10-8-7-9-11-22/h7-12,17,20,24-27,30,40,44H,13-14,16H2,1-6H3,(H,38,46)/b39-17+/t20?,24-,25?,26-,27?,30-/m0/s1. The number of phenols is 1. The number of hydrogen-bond acceptors (Lipinski definition) is 12. The zero-order valence-corrected chi connectivity index (χ0v) is 29.1. The predicted octanol–water partition coefficient (Wildman–Crippen LogP) is 3.62. The average molecular weight is 685 g/mol. The summed E-state index contributed by atoms with van der Waals surface area (Å²) in [6.45, 7) is 5.07. The van der Waals surface area contributed by atoms with Crippen molar-refractivity contribution >= 4 is 40.7 Å². The first-order chi connectivity index (χ1) is 23.5. The summed E-state index contributed by atoms with van der Waals surface area (Å²) in [5.74, 6) is -0.738. The lowest BCUT2D eigenvalue weighted by atomic mass is 9.69. The van der Waals surface area contributed by atoms with Crippen molar-refractivity contribution in [3.63, 3.8) is 0 Å². The van der Waals surface area contributed by atoms with E-state index in [1.54, 1.807) is 19.4 Å². The predicted molar refractivity (Wildman–Crippen MR) is 186 cm³/mol. The first-order valence-electron chi connectivity index (χ1n) is 16.2. The highest BCUT2D eigenvalue weighted by molar-refractivity contribution is 8.13. The zero-order valence-electron chi connectivity index (χ0n) is 28.3. The quantitative estimate of drug-likeness (QED) is 0.154. The number of likely N-dealkylation sites (N-methyl/N-ethyl adjacent to an activating group) is 1. The number of piperazine rings is 1. The number of Topliss-reactive ketones (excluding diaryl/α,β-unsaturated/α-hetero) is 2. The number of nitrogens with zero attached hydrogens (tertiary/aromatic N) is 4. The Morgan fingerprint density at radius 2 is 1.90 bits per heavy atom. The molecule has 1 amide bonds. The van der Waals surface area contributed by atoms with Gasteiger partial charge in [0.15, 0.2) is 23.0 Å². The lowest BCUT2D eigenvalue weighted by molar-refractivity contribution is -0.125. The molecule has 0 radical (unpaired) electrons. The molecule has 2 bridgehead atoms. The van der Waals surface area contributed by atoms with E-state index in [9.17, 15) is 24.8 Å². The van der Waals surface area contributed by atoms with Crippen LogP contribution in [0.5, 0.6) is 11.5 Å². The Bertz CT molecular complexity index is 1830. The molecule has 3 aliphatic heterocycles. The molecule has 13 heteroatoms. The SMILES string of the molecule is COC1=C(C)C(=O)C2=C(C1=O)C(CNC(=O)C(C)/N=C/SNc1ccccc1)N1C(C2)[C@H]2c3c(cc(C)c(OC)c3O)C[C@@H]([C@@H]1C#N)N2C. The molecule has 2 aromatic carbocycles. The van der Waals surface area contributed by atoms with E-state index in [4.69, 9.17) is 9.47 Å². The summed E-state index contributed by atoms with van der Waals surface area (Å²) in [5.41, 5.74) is 5.63. The fraction of sp³-hybridized carbons (Fsp3) is 0.417. The molecule has 0 spiro atoms. The molecule has 6 rings (SSSR count). The van der Waals surface area contributed by atoms with Gasteiger partial charge < -0.3 is 24.6 Å². The van der Waals surface area contributed by atoms with Crippen LogP contribution in [0.3, 0.4) is 0 Å². The number of carbonyl (C=O) groups is 3. The van der Waals surface area contributed by atoms with Crippen LogP contribution >= 0.6 is 11.9 Å². The van der Waals surface area contributed by atoms with Gasteiger partial charge in [0.2, 0.25) is 11.7 Å². The number of nitriles is 1. The molecule has 49 heavy (non-hydrogen) atoms. The van der Waals surface area contributed by atoms with Crippen molar-refractivity contribution in [1.82, 2.24) is 15.1 Å². The van der Waals surface area contributed by atoms with Crippen LogP contribution in [0, 0.1) is 18.3 Å². The van der Waals surface area contributed by atoms with Crippen LogP contribution in [-0.2, 0) is 25.5 Å². The lowest BCUT2D eigenvalue weighted by Gasteiger charge is -2.60. The van der Waals surface area contributed by atoms with E-state index in [1.165, 1.54) is 26.2 Å². The van der Waals surface area contributed by atoms with Crippen LogP contribution in [0.1, 0.15) is 43.0 Å². The number of ether oxygens (including phenoxy) is 2. The molecule has 3 heterocycles. The number of anilines is 1. The molecular weight excluding hydrogens is 644 g/mol. The Balaban J connectivity index is 1.36. The second-order valence-electron chi connectivity index (χ2n) is 12.8. The Morgan fingerprint density at radius 1 is 1.16 bits per heavy atom. The molecule has 4 aliphatic rings. The summed E-state index contributed by atoms with van der Waals surface area (Å²) in [6.07, 6.45) is 0.642. The minimum atomic E-state index is -0.822. The van der Waals surface area contributed by atoms with E-state index < -0.39 is 36.0 Å². The van der Waals surface area contributed by atoms with Crippen LogP contribution in [0.25, 0.3) is 0 Å². The number of para-hydroxylation sites is 1. The van der Waals surface area contributed by atoms with Gasteiger partial charge in [-0.05, 0) is 75.9 Å². The summed E-state index contributed by atoms with van der Waals surface area (Å²) >= 11 is 1.23. The van der Waals surface area contributed by atoms with Crippen LogP contribution in [0.2, 0.25) is 0 Å². The molecule has 12 nitrogen and oxygen atoms in total. The van der Waals surface area contributed by atoms with Crippen LogP contribution in [0.15, 0.2) is 63.9 Å². The average Bonchev–Trinajstić information content (AvgIpc) is 3.09. The number of carbonyl (C=O) groups excluding carboxylic acids is 3. The van der Waals surface area contributed by atoms with Crippen molar-refractivity contribution in [1.29, 1.82) is 5.26 Å². The minimum absolute atomic E-state index is 0.0305. The van der Waals surface area contributed by atoms with Gasteiger partial charge in [0.1, 0.15) is 12.1 Å². The smallest absolute Gasteiger partial charge is 0.244 e. The normalized spacial score (nSPS) is 25.7. The van der Waals surface area contributed by atoms with Gasteiger partial charge in [0.25, 0.3) is 0 Å². The highest BCUT2D eigenvalue weighted by Gasteiger charge is 2.57. The number of aromatic hydroxyl groups is 1. The van der Waals surface area contributed by atoms with E-state index >= 15 is 0 Å². The summed E-state index contributed by atoms with van der Waals surface area (Å²) in [5, 5.41) is 25.3. The number of benzene rings is 2. The number of ketones is 2. The number of allylic oxidation sites excluding steroid dienone is 2. The minimum Gasteiger partial charge on any atom is -0.504 e. The Labute approximate surface area is 290 Å². The van der Waals surface area contributed by atoms with Crippen LogP contribution in [-0.4, -0.2) is 95.9 Å². The number of fused-ring (bicyclic) bond motifs is 6. The summed E-state index contributed by atoms with van der Waals surface area (Å²) in [7, 11) is 4.80. The maximum Gasteiger partial charge on any atom is 0.244 e. The van der Waals surface area contributed by atoms with Gasteiger partial charge in [0.05, 0.1) is 37.9 Å². The molecule has 0 aromatic heterocycles. The molecule has 2 aromatic rings. The van der Waals surface area contributed by atoms with Gasteiger partial charge in [-0.25, -0.2) is 0 Å².